The van der Waals surface area contributed by atoms with Crippen LogP contribution in [0.4, 0.5) is 0 Å². The lowest BCUT2D eigenvalue weighted by Crippen LogP contribution is -2.40. The third-order valence-electron chi connectivity index (χ3n) is 2.06. The van der Waals surface area contributed by atoms with Crippen LogP contribution in [0.15, 0.2) is 4.99 Å². The second kappa shape index (κ2) is 1.79. The zero-order chi connectivity index (χ0) is 7.03. The van der Waals surface area contributed by atoms with Crippen molar-refractivity contribution in [3.05, 3.63) is 0 Å². The lowest BCUT2D eigenvalue weighted by atomic mass is 10.00. The van der Waals surface area contributed by atoms with E-state index in [4.69, 9.17) is 0 Å². The molecule has 2 aliphatic rings. The molecular weight excluding hydrogens is 130 g/mol. The van der Waals surface area contributed by atoms with Crippen LogP contribution in [0.1, 0.15) is 6.42 Å². The fraction of sp³-hybridized carbons (Fsp3) is 0.667. The Morgan fingerprint density at radius 3 is 3.10 bits per heavy atom. The van der Waals surface area contributed by atoms with Crippen molar-refractivity contribution >= 4 is 12.2 Å². The Hall–Kier alpha value is -0.900. The molecule has 1 spiro atoms. The Kier molecular flexibility index (Phi) is 1.05. The lowest BCUT2D eigenvalue weighted by molar-refractivity contribution is -0.123. The number of carbonyl (C=O) groups is 1. The molecule has 0 radical (unpaired) electrons. The summed E-state index contributed by atoms with van der Waals surface area (Å²) in [4.78, 5) is 15.2. The molecular formula is C6H9N3O. The molecule has 1 atom stereocenters. The highest BCUT2D eigenvalue weighted by molar-refractivity contribution is 6.00. The second-order valence-corrected chi connectivity index (χ2v) is 2.69. The maximum Gasteiger partial charge on any atom is 0.254 e. The molecule has 4 heteroatoms. The van der Waals surface area contributed by atoms with E-state index in [0.29, 0.717) is 6.54 Å². The van der Waals surface area contributed by atoms with Crippen LogP contribution in [-0.4, -0.2) is 30.9 Å². The van der Waals surface area contributed by atoms with Gasteiger partial charge in [0.1, 0.15) is 0 Å². The number of amides is 1. The Labute approximate surface area is 58.7 Å². The number of carbonyl (C=O) groups excluding carboxylic acids is 1. The van der Waals surface area contributed by atoms with Crippen LogP contribution >= 0.6 is 0 Å². The average molecular weight is 139 g/mol. The van der Waals surface area contributed by atoms with E-state index >= 15 is 0 Å². The van der Waals surface area contributed by atoms with Gasteiger partial charge in [-0.1, -0.05) is 0 Å². The summed E-state index contributed by atoms with van der Waals surface area (Å²) in [5, 5.41) is 5.69. The Morgan fingerprint density at radius 2 is 2.60 bits per heavy atom. The van der Waals surface area contributed by atoms with Crippen molar-refractivity contribution in [2.45, 2.75) is 12.0 Å². The maximum atomic E-state index is 11.1. The molecule has 2 rings (SSSR count). The van der Waals surface area contributed by atoms with Gasteiger partial charge in [-0.2, -0.15) is 0 Å². The first-order valence-electron chi connectivity index (χ1n) is 3.39. The Bertz CT molecular complexity index is 193. The number of nitrogens with zero attached hydrogens (tertiary/aromatic N) is 1. The largest absolute Gasteiger partial charge is 0.315 e. The normalized spacial score (nSPS) is 37.4. The van der Waals surface area contributed by atoms with E-state index in [9.17, 15) is 4.79 Å². The first kappa shape index (κ1) is 5.85. The molecule has 1 fully saturated rings. The summed E-state index contributed by atoms with van der Waals surface area (Å²) in [6, 6.07) is 0. The van der Waals surface area contributed by atoms with E-state index in [2.05, 4.69) is 15.6 Å². The smallest absolute Gasteiger partial charge is 0.254 e. The predicted octanol–water partition coefficient (Wildman–Crippen LogP) is -1.12. The van der Waals surface area contributed by atoms with Crippen LogP contribution < -0.4 is 10.6 Å². The maximum absolute atomic E-state index is 11.1. The fourth-order valence-electron chi connectivity index (χ4n) is 1.39. The van der Waals surface area contributed by atoms with Gasteiger partial charge in [0.2, 0.25) is 0 Å². The van der Waals surface area contributed by atoms with E-state index in [-0.39, 0.29) is 5.91 Å². The van der Waals surface area contributed by atoms with Crippen molar-refractivity contribution in [3.8, 4) is 0 Å². The Balaban J connectivity index is 2.27. The number of aliphatic imine (C=N–C) groups is 1. The van der Waals surface area contributed by atoms with Crippen molar-refractivity contribution in [1.82, 2.24) is 10.6 Å². The topological polar surface area (TPSA) is 53.5 Å². The molecule has 0 aliphatic carbocycles. The summed E-state index contributed by atoms with van der Waals surface area (Å²) in [5.41, 5.74) is -0.444. The second-order valence-electron chi connectivity index (χ2n) is 2.69. The number of nitrogens with one attached hydrogen (secondary N) is 2. The number of hydrogen-bond donors (Lipinski definition) is 2. The molecule has 1 saturated heterocycles. The minimum atomic E-state index is -0.444. The van der Waals surface area contributed by atoms with Gasteiger partial charge in [0.25, 0.3) is 5.91 Å². The van der Waals surface area contributed by atoms with Crippen LogP contribution in [0.3, 0.4) is 0 Å². The van der Waals surface area contributed by atoms with Gasteiger partial charge in [0.15, 0.2) is 5.54 Å². The first-order chi connectivity index (χ1) is 4.83. The quantitative estimate of drug-likeness (QED) is 0.446. The number of hydrogen-bond acceptors (Lipinski definition) is 3. The molecule has 54 valence electrons. The molecule has 1 amide bonds. The van der Waals surface area contributed by atoms with E-state index in [0.717, 1.165) is 13.0 Å². The third kappa shape index (κ3) is 0.593. The van der Waals surface area contributed by atoms with Crippen LogP contribution in [0.2, 0.25) is 0 Å². The van der Waals surface area contributed by atoms with Crippen LogP contribution in [0.5, 0.6) is 0 Å². The van der Waals surface area contributed by atoms with Crippen LogP contribution in [0, 0.1) is 0 Å². The molecule has 2 aliphatic heterocycles. The molecule has 1 unspecified atom stereocenters. The minimum absolute atomic E-state index is 0.0394. The van der Waals surface area contributed by atoms with E-state index in [1.807, 2.05) is 0 Å². The first-order valence-corrected chi connectivity index (χ1v) is 3.39. The highest BCUT2D eigenvalue weighted by atomic mass is 16.2. The van der Waals surface area contributed by atoms with Crippen molar-refractivity contribution in [2.24, 2.45) is 4.99 Å². The standard InChI is InChI=1S/C6H9N3O/c10-5-6(9-4-8-5)1-2-7-3-6/h4,7H,1-3H2,(H,8,9,10). The fourth-order valence-corrected chi connectivity index (χ4v) is 1.39. The molecule has 0 saturated carbocycles. The zero-order valence-corrected chi connectivity index (χ0v) is 5.55. The van der Waals surface area contributed by atoms with E-state index < -0.39 is 5.54 Å². The van der Waals surface area contributed by atoms with Gasteiger partial charge in [-0.05, 0) is 13.0 Å². The van der Waals surface area contributed by atoms with Crippen molar-refractivity contribution in [3.63, 3.8) is 0 Å². The van der Waals surface area contributed by atoms with Crippen LogP contribution in [-0.2, 0) is 4.79 Å². The summed E-state index contributed by atoms with van der Waals surface area (Å²) in [6.07, 6.45) is 2.32. The van der Waals surface area contributed by atoms with Crippen molar-refractivity contribution in [2.75, 3.05) is 13.1 Å². The SMILES string of the molecule is O=C1NC=NC12CCNC2. The molecule has 4 nitrogen and oxygen atoms in total. The van der Waals surface area contributed by atoms with Gasteiger partial charge in [0.05, 0.1) is 6.34 Å². The van der Waals surface area contributed by atoms with Gasteiger partial charge in [-0.15, -0.1) is 0 Å². The van der Waals surface area contributed by atoms with Gasteiger partial charge in [-0.25, -0.2) is 0 Å². The molecule has 0 aromatic rings. The summed E-state index contributed by atoms with van der Waals surface area (Å²) < 4.78 is 0. The summed E-state index contributed by atoms with van der Waals surface area (Å²) in [7, 11) is 0. The van der Waals surface area contributed by atoms with Gasteiger partial charge < -0.3 is 10.6 Å². The minimum Gasteiger partial charge on any atom is -0.315 e. The summed E-state index contributed by atoms with van der Waals surface area (Å²) >= 11 is 0. The third-order valence-corrected chi connectivity index (χ3v) is 2.06. The van der Waals surface area contributed by atoms with E-state index in [1.165, 1.54) is 6.34 Å². The Morgan fingerprint density at radius 1 is 1.70 bits per heavy atom. The molecule has 0 aromatic heterocycles. The molecule has 0 aromatic carbocycles. The van der Waals surface area contributed by atoms with Gasteiger partial charge >= 0.3 is 0 Å². The zero-order valence-electron chi connectivity index (χ0n) is 5.55. The summed E-state index contributed by atoms with van der Waals surface area (Å²) in [6.45, 7) is 1.58. The highest BCUT2D eigenvalue weighted by Gasteiger charge is 2.42. The van der Waals surface area contributed by atoms with Crippen molar-refractivity contribution in [1.29, 1.82) is 0 Å². The molecule has 0 bridgehead atoms. The van der Waals surface area contributed by atoms with Crippen molar-refractivity contribution < 1.29 is 4.79 Å². The number of rotatable bonds is 0. The lowest BCUT2D eigenvalue weighted by Gasteiger charge is -2.13. The molecule has 10 heavy (non-hydrogen) atoms. The predicted molar refractivity (Wildman–Crippen MR) is 36.9 cm³/mol. The summed E-state index contributed by atoms with van der Waals surface area (Å²) in [5.74, 6) is 0.0394. The van der Waals surface area contributed by atoms with Gasteiger partial charge in [-0.3, -0.25) is 9.79 Å². The van der Waals surface area contributed by atoms with Crippen LogP contribution in [0.25, 0.3) is 0 Å². The van der Waals surface area contributed by atoms with Gasteiger partial charge in [0, 0.05) is 6.54 Å². The molecule has 2 heterocycles. The monoisotopic (exact) mass is 139 g/mol. The molecule has 2 N–H and O–H groups in total. The van der Waals surface area contributed by atoms with E-state index in [1.54, 1.807) is 0 Å². The highest BCUT2D eigenvalue weighted by Crippen LogP contribution is 2.21. The average Bonchev–Trinajstić information content (AvgIpc) is 2.48.